The lowest BCUT2D eigenvalue weighted by Crippen LogP contribution is -2.04. The Labute approximate surface area is 113 Å². The predicted molar refractivity (Wildman–Crippen MR) is 60.0 cm³/mol. The first-order chi connectivity index (χ1) is 9.25. The fourth-order valence-electron chi connectivity index (χ4n) is 0.723. The van der Waals surface area contributed by atoms with Gasteiger partial charge in [0.25, 0.3) is 0 Å². The molecule has 0 unspecified atom stereocenters. The Hall–Kier alpha value is -0.220. The highest BCUT2D eigenvalue weighted by atomic mass is 31.3. The Bertz CT molecular complexity index is 629. The maximum absolute atomic E-state index is 11.7. The van der Waals surface area contributed by atoms with Gasteiger partial charge in [-0.25, -0.2) is 39.6 Å². The fourth-order valence-corrected chi connectivity index (χ4v) is 7.85. The number of nitriles is 3. The van der Waals surface area contributed by atoms with Gasteiger partial charge in [-0.05, 0) is 0 Å². The minimum absolute atomic E-state index is 1.15. The van der Waals surface area contributed by atoms with Crippen LogP contribution in [0.2, 0.25) is 0 Å². The molecular formula is C3N3O9P5. The van der Waals surface area contributed by atoms with E-state index in [1.807, 2.05) is 0 Å². The molecule has 0 saturated carbocycles. The molecule has 0 aromatic rings. The van der Waals surface area contributed by atoms with Crippen LogP contribution in [0.3, 0.4) is 0 Å². The Morgan fingerprint density at radius 3 is 1.50 bits per heavy atom. The van der Waals surface area contributed by atoms with Gasteiger partial charge in [0.1, 0.15) is 0 Å². The van der Waals surface area contributed by atoms with Crippen LogP contribution < -0.4 is 0 Å². The summed E-state index contributed by atoms with van der Waals surface area (Å²) in [5.74, 6) is 3.56. The van der Waals surface area contributed by atoms with Gasteiger partial charge >= 0.3 is 40.0 Å². The summed E-state index contributed by atoms with van der Waals surface area (Å²) in [4.78, 5) is 0. The van der Waals surface area contributed by atoms with Gasteiger partial charge in [-0.1, -0.05) is 0 Å². The molecule has 2 heterocycles. The highest BCUT2D eigenvalue weighted by Gasteiger charge is 2.54. The van der Waals surface area contributed by atoms with E-state index < -0.39 is 40.0 Å². The molecule has 17 heteroatoms. The smallest absolute Gasteiger partial charge is 0.242 e. The third-order valence-electron chi connectivity index (χ3n) is 1.41. The van der Waals surface area contributed by atoms with Crippen molar-refractivity contribution in [2.45, 2.75) is 0 Å². The highest BCUT2D eigenvalue weighted by molar-refractivity contribution is 7.84. The van der Waals surface area contributed by atoms with Crippen molar-refractivity contribution in [1.82, 2.24) is 0 Å². The first-order valence-electron chi connectivity index (χ1n) is 4.08. The van der Waals surface area contributed by atoms with Crippen LogP contribution in [0.5, 0.6) is 0 Å². The molecule has 0 aromatic carbocycles. The average Bonchev–Trinajstić information content (AvgIpc) is 2.34. The fraction of sp³-hybridized carbons (Fsp3) is 0. The number of hydrogen-bond donors (Lipinski definition) is 0. The van der Waals surface area contributed by atoms with Crippen LogP contribution in [0, 0.1) is 33.2 Å². The first-order valence-corrected chi connectivity index (χ1v) is 10.9. The minimum Gasteiger partial charge on any atom is -0.242 e. The quantitative estimate of drug-likeness (QED) is 0.651. The van der Waals surface area contributed by atoms with Crippen molar-refractivity contribution in [3.05, 3.63) is 0 Å². The summed E-state index contributed by atoms with van der Waals surface area (Å²) in [6.07, 6.45) is 0. The molecule has 2 saturated heterocycles. The lowest BCUT2D eigenvalue weighted by atomic mass is 11.8. The maximum Gasteiger partial charge on any atom is 0.445 e. The molecule has 0 atom stereocenters. The van der Waals surface area contributed by atoms with E-state index in [1.165, 1.54) is 11.6 Å². The summed E-state index contributed by atoms with van der Waals surface area (Å²) in [6.45, 7) is 0. The minimum atomic E-state index is -4.47. The normalized spacial score (nSPS) is 41.9. The second kappa shape index (κ2) is 5.53. The number of hydrogen-bond acceptors (Lipinski definition) is 12. The van der Waals surface area contributed by atoms with E-state index in [0.717, 1.165) is 5.81 Å². The van der Waals surface area contributed by atoms with Gasteiger partial charge in [0.05, 0.1) is 0 Å². The molecule has 2 aliphatic rings. The zero-order valence-electron chi connectivity index (χ0n) is 8.75. The topological polar surface area (TPSA) is 178 Å². The number of rotatable bonds is 4. The lowest BCUT2D eigenvalue weighted by molar-refractivity contribution is 0.257. The van der Waals surface area contributed by atoms with Crippen LogP contribution in [0.4, 0.5) is 0 Å². The van der Waals surface area contributed by atoms with Crippen LogP contribution in [0.1, 0.15) is 0 Å². The van der Waals surface area contributed by atoms with E-state index in [2.05, 4.69) is 25.9 Å². The zero-order valence-corrected chi connectivity index (χ0v) is 13.2. The van der Waals surface area contributed by atoms with E-state index in [9.17, 15) is 13.7 Å². The average molecular weight is 377 g/mol. The van der Waals surface area contributed by atoms with Crippen molar-refractivity contribution in [3.8, 4) is 17.4 Å². The summed E-state index contributed by atoms with van der Waals surface area (Å²) >= 11 is 0. The second-order valence-corrected chi connectivity index (χ2v) is 11.1. The molecule has 0 radical (unpaired) electrons. The maximum atomic E-state index is 11.7. The molecule has 0 amide bonds. The Balaban J connectivity index is 1.90. The van der Waals surface area contributed by atoms with Crippen LogP contribution in [0.15, 0.2) is 0 Å². The van der Waals surface area contributed by atoms with Crippen LogP contribution in [-0.2, 0) is 39.6 Å². The van der Waals surface area contributed by atoms with Crippen molar-refractivity contribution in [2.75, 3.05) is 0 Å². The molecule has 0 aromatic heterocycles. The molecule has 0 N–H and O–H groups in total. The molecule has 2 rings (SSSR count). The summed E-state index contributed by atoms with van der Waals surface area (Å²) in [5, 5.41) is 25.3. The molecule has 106 valence electrons. The van der Waals surface area contributed by atoms with Gasteiger partial charge < -0.3 is 0 Å². The van der Waals surface area contributed by atoms with Crippen molar-refractivity contribution in [3.63, 3.8) is 0 Å². The molecule has 20 heavy (non-hydrogen) atoms. The van der Waals surface area contributed by atoms with Gasteiger partial charge in [-0.3, -0.25) is 0 Å². The second-order valence-electron chi connectivity index (χ2n) is 2.73. The van der Waals surface area contributed by atoms with Crippen LogP contribution >= 0.6 is 40.0 Å². The number of nitrogens with zero attached hydrogens (tertiary/aromatic N) is 3. The summed E-state index contributed by atoms with van der Waals surface area (Å²) < 4.78 is 60.4. The molecule has 0 aliphatic carbocycles. The Kier molecular flexibility index (Phi) is 4.46. The highest BCUT2D eigenvalue weighted by Crippen LogP contribution is 2.85. The third kappa shape index (κ3) is 3.33. The predicted octanol–water partition coefficient (Wildman–Crippen LogP) is 3.59. The monoisotopic (exact) mass is 377 g/mol. The van der Waals surface area contributed by atoms with E-state index in [-0.39, 0.29) is 0 Å². The van der Waals surface area contributed by atoms with Crippen molar-refractivity contribution in [2.24, 2.45) is 0 Å². The first kappa shape index (κ1) is 16.2. The van der Waals surface area contributed by atoms with Gasteiger partial charge in [-0.15, -0.1) is 0 Å². The lowest BCUT2D eigenvalue weighted by Gasteiger charge is -2.31. The van der Waals surface area contributed by atoms with E-state index in [4.69, 9.17) is 15.8 Å². The van der Waals surface area contributed by atoms with Gasteiger partial charge in [0.2, 0.25) is 0 Å². The van der Waals surface area contributed by atoms with Crippen LogP contribution in [-0.4, -0.2) is 0 Å². The zero-order chi connectivity index (χ0) is 15.0. The SMILES string of the molecule is N#CP1(=O)OP(OP(=O)(C#N)OP2OP(=O)(C#N)O2)O1. The molecule has 2 aliphatic heterocycles. The molecule has 2 fully saturated rings. The van der Waals surface area contributed by atoms with Gasteiger partial charge in [0, 0.05) is 0 Å². The van der Waals surface area contributed by atoms with E-state index in [1.54, 1.807) is 0 Å². The van der Waals surface area contributed by atoms with E-state index in [0.29, 0.717) is 0 Å². The van der Waals surface area contributed by atoms with Crippen molar-refractivity contribution < 1.29 is 39.6 Å². The Morgan fingerprint density at radius 2 is 1.25 bits per heavy atom. The Morgan fingerprint density at radius 1 is 0.900 bits per heavy atom. The molecule has 12 nitrogen and oxygen atoms in total. The van der Waals surface area contributed by atoms with Gasteiger partial charge in [0.15, 0.2) is 17.4 Å². The summed E-state index contributed by atoms with van der Waals surface area (Å²) in [5.41, 5.74) is 0. The van der Waals surface area contributed by atoms with Crippen molar-refractivity contribution >= 4 is 40.0 Å². The van der Waals surface area contributed by atoms with E-state index >= 15 is 0 Å². The van der Waals surface area contributed by atoms with Gasteiger partial charge in [-0.2, -0.15) is 15.8 Å². The molecule has 0 bridgehead atoms. The third-order valence-corrected chi connectivity index (χ3v) is 10.5. The van der Waals surface area contributed by atoms with Crippen molar-refractivity contribution in [1.29, 1.82) is 15.8 Å². The largest absolute Gasteiger partial charge is 0.445 e. The standard InChI is InChI=1S/C3N3O9P5/c4-1-18(7)10-16(11-18)14-20(9,3-6)15-17-12-19(8,2-5)13-17. The summed E-state index contributed by atoms with van der Waals surface area (Å²) in [6, 6.07) is 0. The molecule has 0 spiro atoms. The summed E-state index contributed by atoms with van der Waals surface area (Å²) in [7, 11) is -17.2. The van der Waals surface area contributed by atoms with Crippen LogP contribution in [0.25, 0.3) is 0 Å². The molecular weight excluding hydrogens is 377 g/mol.